The van der Waals surface area contributed by atoms with Crippen LogP contribution >= 0.6 is 0 Å². The Labute approximate surface area is 77.0 Å². The van der Waals surface area contributed by atoms with Crippen molar-refractivity contribution in [1.82, 2.24) is 14.8 Å². The van der Waals surface area contributed by atoms with Crippen LogP contribution in [0, 0.1) is 5.92 Å². The number of rotatable bonds is 4. The van der Waals surface area contributed by atoms with Crippen molar-refractivity contribution in [3.05, 3.63) is 12.2 Å². The molecule has 1 saturated carbocycles. The number of aryl methyl sites for hydroxylation is 1. The zero-order valence-corrected chi connectivity index (χ0v) is 7.73. The lowest BCUT2D eigenvalue weighted by atomic mass is 10.2. The summed E-state index contributed by atoms with van der Waals surface area (Å²) < 4.78 is 1.78. The van der Waals surface area contributed by atoms with Crippen molar-refractivity contribution in [2.24, 2.45) is 5.92 Å². The molecule has 1 aromatic rings. The maximum atomic E-state index is 11.5. The van der Waals surface area contributed by atoms with Crippen molar-refractivity contribution in [2.75, 3.05) is 0 Å². The molecule has 0 unspecified atom stereocenters. The molecule has 0 atom stereocenters. The average molecular weight is 179 g/mol. The molecule has 2 rings (SSSR count). The number of ketones is 1. The minimum Gasteiger partial charge on any atom is -0.299 e. The van der Waals surface area contributed by atoms with Gasteiger partial charge in [-0.25, -0.2) is 9.67 Å². The molecular weight excluding hydrogens is 166 g/mol. The fourth-order valence-electron chi connectivity index (χ4n) is 1.39. The zero-order chi connectivity index (χ0) is 9.26. The highest BCUT2D eigenvalue weighted by Crippen LogP contribution is 2.30. The van der Waals surface area contributed by atoms with Gasteiger partial charge in [0.05, 0.1) is 6.42 Å². The summed E-state index contributed by atoms with van der Waals surface area (Å²) in [5, 5.41) is 4.02. The molecule has 4 nitrogen and oxygen atoms in total. The Morgan fingerprint density at radius 2 is 2.46 bits per heavy atom. The topological polar surface area (TPSA) is 47.8 Å². The maximum absolute atomic E-state index is 11.5. The van der Waals surface area contributed by atoms with Gasteiger partial charge in [0, 0.05) is 12.5 Å². The minimum absolute atomic E-state index is 0.321. The first-order valence-corrected chi connectivity index (χ1v) is 4.70. The second-order valence-electron chi connectivity index (χ2n) is 3.41. The Balaban J connectivity index is 2.03. The van der Waals surface area contributed by atoms with E-state index in [0.717, 1.165) is 25.2 Å². The fourth-order valence-corrected chi connectivity index (χ4v) is 1.39. The summed E-state index contributed by atoms with van der Waals surface area (Å²) in [6.45, 7) is 2.78. The van der Waals surface area contributed by atoms with E-state index < -0.39 is 0 Å². The Hall–Kier alpha value is -1.19. The summed E-state index contributed by atoms with van der Waals surface area (Å²) in [6, 6.07) is 0. The van der Waals surface area contributed by atoms with Crippen molar-refractivity contribution < 1.29 is 4.79 Å². The highest BCUT2D eigenvalue weighted by atomic mass is 16.1. The van der Waals surface area contributed by atoms with Crippen LogP contribution in [0.4, 0.5) is 0 Å². The normalized spacial score (nSPS) is 16.1. The van der Waals surface area contributed by atoms with E-state index in [4.69, 9.17) is 0 Å². The van der Waals surface area contributed by atoms with Gasteiger partial charge in [0.15, 0.2) is 0 Å². The van der Waals surface area contributed by atoms with E-state index in [9.17, 15) is 4.79 Å². The maximum Gasteiger partial charge on any atom is 0.143 e. The van der Waals surface area contributed by atoms with Gasteiger partial charge in [-0.2, -0.15) is 5.10 Å². The van der Waals surface area contributed by atoms with Gasteiger partial charge in [0.25, 0.3) is 0 Å². The zero-order valence-electron chi connectivity index (χ0n) is 7.73. The van der Waals surface area contributed by atoms with Gasteiger partial charge < -0.3 is 0 Å². The second-order valence-corrected chi connectivity index (χ2v) is 3.41. The van der Waals surface area contributed by atoms with Crippen LogP contribution in [0.3, 0.4) is 0 Å². The molecule has 1 aliphatic rings. The summed E-state index contributed by atoms with van der Waals surface area (Å²) >= 11 is 0. The Morgan fingerprint density at radius 1 is 1.69 bits per heavy atom. The standard InChI is InChI=1S/C9H13N3O/c1-2-12-9(10-6-11-12)5-8(13)7-3-4-7/h6-7H,2-5H2,1H3. The van der Waals surface area contributed by atoms with Crippen LogP contribution in [-0.4, -0.2) is 20.5 Å². The molecule has 13 heavy (non-hydrogen) atoms. The van der Waals surface area contributed by atoms with Crippen molar-refractivity contribution in [3.8, 4) is 0 Å². The summed E-state index contributed by atoms with van der Waals surface area (Å²) in [5.74, 6) is 1.45. The molecule has 0 spiro atoms. The first-order valence-electron chi connectivity index (χ1n) is 4.70. The minimum atomic E-state index is 0.321. The highest BCUT2D eigenvalue weighted by Gasteiger charge is 2.30. The Morgan fingerprint density at radius 3 is 3.08 bits per heavy atom. The van der Waals surface area contributed by atoms with E-state index in [1.807, 2.05) is 6.92 Å². The SMILES string of the molecule is CCn1ncnc1CC(=O)C1CC1. The van der Waals surface area contributed by atoms with Gasteiger partial charge >= 0.3 is 0 Å². The number of aromatic nitrogens is 3. The summed E-state index contributed by atoms with van der Waals surface area (Å²) in [6.07, 6.45) is 4.11. The van der Waals surface area contributed by atoms with Crippen molar-refractivity contribution in [3.63, 3.8) is 0 Å². The Bertz CT molecular complexity index is 314. The number of hydrogen-bond acceptors (Lipinski definition) is 3. The fraction of sp³-hybridized carbons (Fsp3) is 0.667. The van der Waals surface area contributed by atoms with Gasteiger partial charge in [0.2, 0.25) is 0 Å². The molecule has 4 heteroatoms. The molecule has 0 aliphatic heterocycles. The third kappa shape index (κ3) is 1.76. The Kier molecular flexibility index (Phi) is 2.12. The lowest BCUT2D eigenvalue weighted by molar-refractivity contribution is -0.119. The van der Waals surface area contributed by atoms with E-state index in [0.29, 0.717) is 18.1 Å². The first-order chi connectivity index (χ1) is 6.31. The lowest BCUT2D eigenvalue weighted by Gasteiger charge is -2.00. The molecule has 1 aromatic heterocycles. The monoisotopic (exact) mass is 179 g/mol. The number of carbonyl (C=O) groups is 1. The lowest BCUT2D eigenvalue weighted by Crippen LogP contribution is -2.11. The number of Topliss-reactive ketones (excluding diaryl/α,β-unsaturated/α-hetero) is 1. The van der Waals surface area contributed by atoms with Crippen LogP contribution in [-0.2, 0) is 17.8 Å². The molecule has 1 heterocycles. The smallest absolute Gasteiger partial charge is 0.143 e. The summed E-state index contributed by atoms with van der Waals surface area (Å²) in [5.41, 5.74) is 0. The predicted octanol–water partition coefficient (Wildman–Crippen LogP) is 0.820. The first kappa shape index (κ1) is 8.41. The largest absolute Gasteiger partial charge is 0.299 e. The van der Waals surface area contributed by atoms with E-state index in [1.165, 1.54) is 6.33 Å². The molecular formula is C9H13N3O. The third-order valence-electron chi connectivity index (χ3n) is 2.36. The van der Waals surface area contributed by atoms with Crippen molar-refractivity contribution in [2.45, 2.75) is 32.7 Å². The van der Waals surface area contributed by atoms with E-state index in [-0.39, 0.29) is 0 Å². The molecule has 0 saturated heterocycles. The van der Waals surface area contributed by atoms with E-state index >= 15 is 0 Å². The van der Waals surface area contributed by atoms with Gasteiger partial charge in [0.1, 0.15) is 17.9 Å². The van der Waals surface area contributed by atoms with Crippen LogP contribution in [0.5, 0.6) is 0 Å². The van der Waals surface area contributed by atoms with Crippen LogP contribution < -0.4 is 0 Å². The molecule has 0 aromatic carbocycles. The van der Waals surface area contributed by atoms with Gasteiger partial charge in [-0.15, -0.1) is 0 Å². The van der Waals surface area contributed by atoms with Gasteiger partial charge in [-0.1, -0.05) is 0 Å². The quantitative estimate of drug-likeness (QED) is 0.687. The molecule has 0 N–H and O–H groups in total. The molecule has 1 fully saturated rings. The van der Waals surface area contributed by atoms with Gasteiger partial charge in [-0.3, -0.25) is 4.79 Å². The van der Waals surface area contributed by atoms with Crippen molar-refractivity contribution in [1.29, 1.82) is 0 Å². The highest BCUT2D eigenvalue weighted by molar-refractivity contribution is 5.84. The van der Waals surface area contributed by atoms with Crippen LogP contribution in [0.25, 0.3) is 0 Å². The van der Waals surface area contributed by atoms with Crippen LogP contribution in [0.2, 0.25) is 0 Å². The number of nitrogens with zero attached hydrogens (tertiary/aromatic N) is 3. The van der Waals surface area contributed by atoms with Crippen molar-refractivity contribution >= 4 is 5.78 Å². The molecule has 70 valence electrons. The van der Waals surface area contributed by atoms with E-state index in [2.05, 4.69) is 10.1 Å². The second kappa shape index (κ2) is 3.28. The number of carbonyl (C=O) groups excluding carboxylic acids is 1. The van der Waals surface area contributed by atoms with Crippen LogP contribution in [0.15, 0.2) is 6.33 Å². The number of hydrogen-bond donors (Lipinski definition) is 0. The summed E-state index contributed by atoms with van der Waals surface area (Å²) in [4.78, 5) is 15.5. The molecule has 0 radical (unpaired) electrons. The summed E-state index contributed by atoms with van der Waals surface area (Å²) in [7, 11) is 0. The van der Waals surface area contributed by atoms with Gasteiger partial charge in [-0.05, 0) is 19.8 Å². The molecule has 0 amide bonds. The van der Waals surface area contributed by atoms with Crippen LogP contribution in [0.1, 0.15) is 25.6 Å². The predicted molar refractivity (Wildman–Crippen MR) is 47.1 cm³/mol. The third-order valence-corrected chi connectivity index (χ3v) is 2.36. The molecule has 0 bridgehead atoms. The van der Waals surface area contributed by atoms with E-state index in [1.54, 1.807) is 4.68 Å². The average Bonchev–Trinajstić information content (AvgIpc) is 2.88. The molecule has 1 aliphatic carbocycles.